The molecule has 11 heteroatoms. The molecular weight excluding hydrogens is 476 g/mol. The van der Waals surface area contributed by atoms with Crippen molar-refractivity contribution in [3.8, 4) is 28.7 Å². The SMILES string of the molecule is COC(=O)Cn1c(=NC(=O)/C=C\c2cc(OC)c(OC)c(OC)c2)sc2cc3c(cc21)OCCO3. The summed E-state index contributed by atoms with van der Waals surface area (Å²) >= 11 is 1.26. The lowest BCUT2D eigenvalue weighted by Gasteiger charge is -2.18. The number of benzene rings is 2. The van der Waals surface area contributed by atoms with Gasteiger partial charge >= 0.3 is 5.97 Å². The summed E-state index contributed by atoms with van der Waals surface area (Å²) in [4.78, 5) is 29.4. The standard InChI is InChI=1S/C24H24N2O8S/c1-29-18-9-14(10-19(30-2)23(18)32-4)5-6-21(27)25-24-26(13-22(28)31-3)15-11-16-17(12-20(15)35-24)34-8-7-33-16/h5-6,9-12H,7-8,13H2,1-4H3/b6-5-,25-24?. The average molecular weight is 501 g/mol. The number of hydrogen-bond acceptors (Lipinski definition) is 9. The zero-order valence-electron chi connectivity index (χ0n) is 19.7. The Morgan fingerprint density at radius 1 is 1.00 bits per heavy atom. The Kier molecular flexibility index (Phi) is 7.25. The molecule has 35 heavy (non-hydrogen) atoms. The van der Waals surface area contributed by atoms with E-state index in [0.29, 0.717) is 57.8 Å². The van der Waals surface area contributed by atoms with Crippen molar-refractivity contribution >= 4 is 39.5 Å². The zero-order chi connectivity index (χ0) is 24.9. The van der Waals surface area contributed by atoms with E-state index in [1.807, 2.05) is 6.07 Å². The Hall–Kier alpha value is -3.99. The van der Waals surface area contributed by atoms with E-state index in [1.54, 1.807) is 28.8 Å². The minimum absolute atomic E-state index is 0.112. The molecule has 10 nitrogen and oxygen atoms in total. The van der Waals surface area contributed by atoms with Gasteiger partial charge < -0.3 is 33.0 Å². The van der Waals surface area contributed by atoms with E-state index in [4.69, 9.17) is 28.4 Å². The number of esters is 1. The number of rotatable bonds is 7. The molecule has 2 heterocycles. The molecule has 3 aromatic rings. The van der Waals surface area contributed by atoms with Crippen molar-refractivity contribution in [2.24, 2.45) is 4.99 Å². The Balaban J connectivity index is 1.72. The second-order valence-corrected chi connectivity index (χ2v) is 8.26. The molecule has 0 saturated heterocycles. The molecule has 0 fully saturated rings. The van der Waals surface area contributed by atoms with Crippen LogP contribution in [0.2, 0.25) is 0 Å². The maximum atomic E-state index is 12.7. The van der Waals surface area contributed by atoms with E-state index in [1.165, 1.54) is 45.9 Å². The van der Waals surface area contributed by atoms with Crippen LogP contribution in [-0.4, -0.2) is 58.1 Å². The van der Waals surface area contributed by atoms with Crippen LogP contribution in [0.15, 0.2) is 35.3 Å². The fraction of sp³-hybridized carbons (Fsp3) is 0.292. The van der Waals surface area contributed by atoms with E-state index in [0.717, 1.165) is 4.70 Å². The summed E-state index contributed by atoms with van der Waals surface area (Å²) < 4.78 is 34.6. The van der Waals surface area contributed by atoms with Gasteiger partial charge in [0.05, 0.1) is 38.7 Å². The Morgan fingerprint density at radius 2 is 1.66 bits per heavy atom. The van der Waals surface area contributed by atoms with Gasteiger partial charge in [0, 0.05) is 18.2 Å². The first-order chi connectivity index (χ1) is 17.0. The summed E-state index contributed by atoms with van der Waals surface area (Å²) in [6, 6.07) is 7.02. The number of aromatic nitrogens is 1. The fourth-order valence-corrected chi connectivity index (χ4v) is 4.58. The molecule has 0 aliphatic carbocycles. The molecule has 0 saturated carbocycles. The number of carbonyl (C=O) groups excluding carboxylic acids is 2. The van der Waals surface area contributed by atoms with Gasteiger partial charge in [-0.1, -0.05) is 11.3 Å². The predicted octanol–water partition coefficient (Wildman–Crippen LogP) is 2.81. The summed E-state index contributed by atoms with van der Waals surface area (Å²) in [5.41, 5.74) is 1.34. The van der Waals surface area contributed by atoms with Gasteiger partial charge in [-0.25, -0.2) is 0 Å². The van der Waals surface area contributed by atoms with Crippen molar-refractivity contribution in [2.75, 3.05) is 41.7 Å². The van der Waals surface area contributed by atoms with Crippen LogP contribution in [0.4, 0.5) is 0 Å². The van der Waals surface area contributed by atoms with Crippen molar-refractivity contribution in [3.63, 3.8) is 0 Å². The number of thiazole rings is 1. The molecule has 0 spiro atoms. The number of carbonyl (C=O) groups is 2. The van der Waals surface area contributed by atoms with Crippen LogP contribution in [-0.2, 0) is 20.9 Å². The second-order valence-electron chi connectivity index (χ2n) is 7.25. The van der Waals surface area contributed by atoms with Crippen molar-refractivity contribution in [1.29, 1.82) is 0 Å². The van der Waals surface area contributed by atoms with Crippen LogP contribution in [0.1, 0.15) is 5.56 Å². The van der Waals surface area contributed by atoms with Gasteiger partial charge in [-0.2, -0.15) is 4.99 Å². The number of ether oxygens (including phenoxy) is 6. The predicted molar refractivity (Wildman–Crippen MR) is 129 cm³/mol. The van der Waals surface area contributed by atoms with Crippen molar-refractivity contribution in [2.45, 2.75) is 6.54 Å². The minimum atomic E-state index is -0.513. The molecule has 1 amide bonds. The Labute approximate surface area is 204 Å². The summed E-state index contributed by atoms with van der Waals surface area (Å²) in [7, 11) is 5.85. The summed E-state index contributed by atoms with van der Waals surface area (Å²) in [6.45, 7) is 0.771. The van der Waals surface area contributed by atoms with Gasteiger partial charge in [-0.05, 0) is 23.8 Å². The van der Waals surface area contributed by atoms with Crippen LogP contribution in [0.3, 0.4) is 0 Å². The highest BCUT2D eigenvalue weighted by Gasteiger charge is 2.18. The molecule has 1 aliphatic rings. The molecule has 184 valence electrons. The molecule has 0 radical (unpaired) electrons. The lowest BCUT2D eigenvalue weighted by atomic mass is 10.1. The van der Waals surface area contributed by atoms with Crippen LogP contribution in [0.25, 0.3) is 16.3 Å². The number of hydrogen-bond donors (Lipinski definition) is 0. The van der Waals surface area contributed by atoms with Crippen LogP contribution in [0, 0.1) is 0 Å². The monoisotopic (exact) mass is 500 g/mol. The average Bonchev–Trinajstić information content (AvgIpc) is 3.20. The van der Waals surface area contributed by atoms with Crippen LogP contribution in [0.5, 0.6) is 28.7 Å². The quantitative estimate of drug-likeness (QED) is 0.360. The van der Waals surface area contributed by atoms with Crippen LogP contribution < -0.4 is 28.5 Å². The van der Waals surface area contributed by atoms with Gasteiger partial charge in [0.1, 0.15) is 19.8 Å². The molecule has 4 rings (SSSR count). The molecule has 1 aromatic heterocycles. The van der Waals surface area contributed by atoms with Gasteiger partial charge in [0.2, 0.25) is 5.75 Å². The number of nitrogens with zero attached hydrogens (tertiary/aromatic N) is 2. The smallest absolute Gasteiger partial charge is 0.325 e. The number of fused-ring (bicyclic) bond motifs is 2. The normalized spacial score (nSPS) is 13.2. The first kappa shape index (κ1) is 24.1. The minimum Gasteiger partial charge on any atom is -0.493 e. The van der Waals surface area contributed by atoms with E-state index < -0.39 is 11.9 Å². The number of methoxy groups -OCH3 is 4. The third-order valence-electron chi connectivity index (χ3n) is 5.17. The third-order valence-corrected chi connectivity index (χ3v) is 6.21. The highest BCUT2D eigenvalue weighted by Crippen LogP contribution is 2.38. The van der Waals surface area contributed by atoms with E-state index in [2.05, 4.69) is 4.99 Å². The maximum Gasteiger partial charge on any atom is 0.325 e. The van der Waals surface area contributed by atoms with E-state index >= 15 is 0 Å². The first-order valence-corrected chi connectivity index (χ1v) is 11.4. The van der Waals surface area contributed by atoms with E-state index in [9.17, 15) is 9.59 Å². The van der Waals surface area contributed by atoms with Gasteiger partial charge in [-0.3, -0.25) is 9.59 Å². The number of amides is 1. The summed E-state index contributed by atoms with van der Waals surface area (Å²) in [5, 5.41) is 0. The Morgan fingerprint density at radius 3 is 2.26 bits per heavy atom. The lowest BCUT2D eigenvalue weighted by Crippen LogP contribution is -2.22. The first-order valence-electron chi connectivity index (χ1n) is 10.5. The molecule has 1 aliphatic heterocycles. The van der Waals surface area contributed by atoms with Gasteiger partial charge in [0.25, 0.3) is 5.91 Å². The van der Waals surface area contributed by atoms with Gasteiger partial charge in [-0.15, -0.1) is 0 Å². The zero-order valence-corrected chi connectivity index (χ0v) is 20.5. The molecule has 0 atom stereocenters. The molecule has 0 unspecified atom stereocenters. The van der Waals surface area contributed by atoms with Crippen molar-refractivity contribution in [1.82, 2.24) is 4.57 Å². The lowest BCUT2D eigenvalue weighted by molar-refractivity contribution is -0.141. The van der Waals surface area contributed by atoms with Crippen LogP contribution >= 0.6 is 11.3 Å². The second kappa shape index (κ2) is 10.5. The third kappa shape index (κ3) is 5.09. The van der Waals surface area contributed by atoms with E-state index in [-0.39, 0.29) is 6.54 Å². The fourth-order valence-electron chi connectivity index (χ4n) is 3.53. The van der Waals surface area contributed by atoms with Crippen molar-refractivity contribution in [3.05, 3.63) is 40.7 Å². The maximum absolute atomic E-state index is 12.7. The molecule has 0 bridgehead atoms. The Bertz CT molecular complexity index is 1350. The highest BCUT2D eigenvalue weighted by molar-refractivity contribution is 7.16. The highest BCUT2D eigenvalue weighted by atomic mass is 32.1. The summed E-state index contributed by atoms with van der Waals surface area (Å²) in [5.74, 6) is 1.57. The molecule has 2 aromatic carbocycles. The molecule has 0 N–H and O–H groups in total. The van der Waals surface area contributed by atoms with Gasteiger partial charge in [0.15, 0.2) is 27.8 Å². The molecular formula is C24H24N2O8S. The topological polar surface area (TPSA) is 107 Å². The largest absolute Gasteiger partial charge is 0.493 e. The summed E-state index contributed by atoms with van der Waals surface area (Å²) in [6.07, 6.45) is 2.92. The van der Waals surface area contributed by atoms with Crippen molar-refractivity contribution < 1.29 is 38.0 Å².